The molecule has 0 unspecified atom stereocenters. The van der Waals surface area contributed by atoms with Crippen molar-refractivity contribution in [2.24, 2.45) is 7.05 Å². The summed E-state index contributed by atoms with van der Waals surface area (Å²) in [5.41, 5.74) is 1.89. The zero-order valence-electron chi connectivity index (χ0n) is 16.1. The Kier molecular flexibility index (Phi) is 6.02. The molecule has 2 N–H and O–H groups in total. The minimum absolute atomic E-state index is 0.00658. The van der Waals surface area contributed by atoms with Crippen molar-refractivity contribution in [3.05, 3.63) is 35.8 Å². The SMILES string of the molecule is Cn1c(/C(C#N)=C(\O)CSc2nnc(NC3CCCCC3)s2)nc2ccccc21. The van der Waals surface area contributed by atoms with Gasteiger partial charge in [-0.05, 0) is 25.0 Å². The minimum atomic E-state index is -0.00658. The van der Waals surface area contributed by atoms with Gasteiger partial charge in [0, 0.05) is 13.1 Å². The highest BCUT2D eigenvalue weighted by Gasteiger charge is 2.18. The second-order valence-electron chi connectivity index (χ2n) is 7.06. The second kappa shape index (κ2) is 8.84. The zero-order chi connectivity index (χ0) is 20.2. The standard InChI is InChI=1S/C20H22N6OS2/c1-26-16-10-6-5-9-15(16)23-18(26)14(11-21)17(27)12-28-20-25-24-19(29-20)22-13-7-3-2-4-8-13/h5-6,9-10,13,27H,2-4,7-8,12H2,1H3,(H,22,24)/b17-14-. The van der Waals surface area contributed by atoms with Crippen molar-refractivity contribution in [3.63, 3.8) is 0 Å². The van der Waals surface area contributed by atoms with E-state index in [4.69, 9.17) is 0 Å². The number of hydrogen-bond donors (Lipinski definition) is 2. The Labute approximate surface area is 177 Å². The van der Waals surface area contributed by atoms with E-state index in [1.807, 2.05) is 35.9 Å². The van der Waals surface area contributed by atoms with Crippen LogP contribution in [-0.4, -0.2) is 36.6 Å². The van der Waals surface area contributed by atoms with Crippen molar-refractivity contribution in [1.82, 2.24) is 19.7 Å². The van der Waals surface area contributed by atoms with E-state index in [0.29, 0.717) is 11.9 Å². The lowest BCUT2D eigenvalue weighted by molar-refractivity contribution is 0.420. The third kappa shape index (κ3) is 4.38. The van der Waals surface area contributed by atoms with E-state index >= 15 is 0 Å². The summed E-state index contributed by atoms with van der Waals surface area (Å²) in [6.45, 7) is 0. The number of fused-ring (bicyclic) bond motifs is 1. The van der Waals surface area contributed by atoms with Crippen molar-refractivity contribution in [1.29, 1.82) is 5.26 Å². The molecule has 2 aromatic heterocycles. The van der Waals surface area contributed by atoms with Crippen LogP contribution in [0.15, 0.2) is 34.4 Å². The lowest BCUT2D eigenvalue weighted by atomic mass is 9.96. The maximum absolute atomic E-state index is 10.6. The number of imidazole rings is 1. The third-order valence-corrected chi connectivity index (χ3v) is 7.08. The molecule has 0 radical (unpaired) electrons. The largest absolute Gasteiger partial charge is 0.510 e. The van der Waals surface area contributed by atoms with Gasteiger partial charge in [0.05, 0.1) is 16.8 Å². The number of nitriles is 1. The quantitative estimate of drug-likeness (QED) is 0.333. The fourth-order valence-corrected chi connectivity index (χ4v) is 5.27. The summed E-state index contributed by atoms with van der Waals surface area (Å²) < 4.78 is 2.59. The van der Waals surface area contributed by atoms with Gasteiger partial charge in [-0.3, -0.25) is 0 Å². The van der Waals surface area contributed by atoms with Crippen LogP contribution in [0.3, 0.4) is 0 Å². The number of hydrogen-bond acceptors (Lipinski definition) is 8. The fraction of sp³-hybridized carbons (Fsp3) is 0.400. The van der Waals surface area contributed by atoms with Gasteiger partial charge in [-0.2, -0.15) is 5.26 Å². The monoisotopic (exact) mass is 426 g/mol. The first-order chi connectivity index (χ1) is 14.2. The van der Waals surface area contributed by atoms with Crippen molar-refractivity contribution >= 4 is 44.8 Å². The van der Waals surface area contributed by atoms with Gasteiger partial charge >= 0.3 is 0 Å². The summed E-state index contributed by atoms with van der Waals surface area (Å²) in [5.74, 6) is 0.695. The Morgan fingerprint density at radius 3 is 2.86 bits per heavy atom. The average Bonchev–Trinajstić information content (AvgIpc) is 3.33. The molecule has 1 aliphatic carbocycles. The molecule has 1 fully saturated rings. The molecule has 0 bridgehead atoms. The Hall–Kier alpha value is -2.57. The van der Waals surface area contributed by atoms with E-state index in [-0.39, 0.29) is 17.1 Å². The summed E-state index contributed by atoms with van der Waals surface area (Å²) in [7, 11) is 1.84. The lowest BCUT2D eigenvalue weighted by Crippen LogP contribution is -2.21. The van der Waals surface area contributed by atoms with Gasteiger partial charge in [-0.15, -0.1) is 10.2 Å². The van der Waals surface area contributed by atoms with Gasteiger partial charge in [-0.1, -0.05) is 54.5 Å². The highest BCUT2D eigenvalue weighted by atomic mass is 32.2. The molecule has 0 saturated heterocycles. The number of aliphatic hydroxyl groups is 1. The van der Waals surface area contributed by atoms with Crippen LogP contribution in [0, 0.1) is 11.3 Å². The van der Waals surface area contributed by atoms with Crippen LogP contribution < -0.4 is 5.32 Å². The number of anilines is 1. The topological polar surface area (TPSA) is 99.7 Å². The summed E-state index contributed by atoms with van der Waals surface area (Å²) in [5, 5.41) is 32.9. The van der Waals surface area contributed by atoms with Crippen molar-refractivity contribution in [3.8, 4) is 6.07 Å². The molecular formula is C20H22N6OS2. The number of aliphatic hydroxyl groups excluding tert-OH is 1. The maximum Gasteiger partial charge on any atom is 0.206 e. The van der Waals surface area contributed by atoms with Crippen LogP contribution in [-0.2, 0) is 7.05 Å². The Morgan fingerprint density at radius 2 is 2.10 bits per heavy atom. The van der Waals surface area contributed by atoms with Crippen LogP contribution in [0.1, 0.15) is 37.9 Å². The zero-order valence-corrected chi connectivity index (χ0v) is 17.8. The molecule has 150 valence electrons. The van der Waals surface area contributed by atoms with Gasteiger partial charge < -0.3 is 15.0 Å². The molecule has 2 heterocycles. The van der Waals surface area contributed by atoms with Crippen molar-refractivity contribution < 1.29 is 5.11 Å². The number of aromatic nitrogens is 4. The average molecular weight is 427 g/mol. The predicted octanol–water partition coefficient (Wildman–Crippen LogP) is 4.75. The number of allylic oxidation sites excluding steroid dienone is 1. The van der Waals surface area contributed by atoms with Crippen LogP contribution in [0.2, 0.25) is 0 Å². The Morgan fingerprint density at radius 1 is 1.31 bits per heavy atom. The number of aryl methyl sites for hydroxylation is 1. The van der Waals surface area contributed by atoms with Crippen LogP contribution in [0.5, 0.6) is 0 Å². The van der Waals surface area contributed by atoms with Crippen molar-refractivity contribution in [2.75, 3.05) is 11.1 Å². The molecule has 0 amide bonds. The maximum atomic E-state index is 10.6. The molecule has 4 rings (SSSR count). The molecular weight excluding hydrogens is 404 g/mol. The van der Waals surface area contributed by atoms with Crippen LogP contribution in [0.25, 0.3) is 16.6 Å². The van der Waals surface area contributed by atoms with E-state index in [9.17, 15) is 10.4 Å². The van der Waals surface area contributed by atoms with Gasteiger partial charge in [0.2, 0.25) is 5.13 Å². The van der Waals surface area contributed by atoms with Gasteiger partial charge in [0.25, 0.3) is 0 Å². The smallest absolute Gasteiger partial charge is 0.206 e. The predicted molar refractivity (Wildman–Crippen MR) is 117 cm³/mol. The summed E-state index contributed by atoms with van der Waals surface area (Å²) >= 11 is 2.85. The van der Waals surface area contributed by atoms with E-state index in [2.05, 4.69) is 26.6 Å². The van der Waals surface area contributed by atoms with Crippen LogP contribution >= 0.6 is 23.1 Å². The molecule has 9 heteroatoms. The molecule has 7 nitrogen and oxygen atoms in total. The number of nitrogens with one attached hydrogen (secondary N) is 1. The van der Waals surface area contributed by atoms with E-state index in [0.717, 1.165) is 20.5 Å². The van der Waals surface area contributed by atoms with Gasteiger partial charge in [-0.25, -0.2) is 4.98 Å². The first-order valence-electron chi connectivity index (χ1n) is 9.62. The molecule has 29 heavy (non-hydrogen) atoms. The fourth-order valence-electron chi connectivity index (χ4n) is 3.56. The van der Waals surface area contributed by atoms with E-state index in [1.54, 1.807) is 0 Å². The van der Waals surface area contributed by atoms with Crippen molar-refractivity contribution in [2.45, 2.75) is 42.5 Å². The number of benzene rings is 1. The van der Waals surface area contributed by atoms with Gasteiger partial charge in [0.1, 0.15) is 17.4 Å². The summed E-state index contributed by atoms with van der Waals surface area (Å²) in [6, 6.07) is 10.2. The molecule has 1 aromatic carbocycles. The molecule has 0 atom stereocenters. The van der Waals surface area contributed by atoms with Gasteiger partial charge in [0.15, 0.2) is 10.2 Å². The van der Waals surface area contributed by atoms with Crippen LogP contribution in [0.4, 0.5) is 5.13 Å². The first-order valence-corrected chi connectivity index (χ1v) is 11.4. The molecule has 0 aliphatic heterocycles. The third-order valence-electron chi connectivity index (χ3n) is 5.08. The minimum Gasteiger partial charge on any atom is -0.510 e. The molecule has 1 aliphatic rings. The number of para-hydroxylation sites is 2. The van der Waals surface area contributed by atoms with E-state index < -0.39 is 0 Å². The highest BCUT2D eigenvalue weighted by Crippen LogP contribution is 2.30. The Bertz CT molecular complexity index is 1070. The summed E-state index contributed by atoms with van der Waals surface area (Å²) in [4.78, 5) is 4.51. The highest BCUT2D eigenvalue weighted by molar-refractivity contribution is 8.01. The number of thioether (sulfide) groups is 1. The molecule has 0 spiro atoms. The Balaban J connectivity index is 1.46. The number of nitrogens with zero attached hydrogens (tertiary/aromatic N) is 5. The molecule has 3 aromatic rings. The molecule has 1 saturated carbocycles. The normalized spacial score (nSPS) is 15.9. The first kappa shape index (κ1) is 19.7. The van der Waals surface area contributed by atoms with E-state index in [1.165, 1.54) is 55.2 Å². The summed E-state index contributed by atoms with van der Waals surface area (Å²) in [6.07, 6.45) is 6.18. The number of rotatable bonds is 6. The lowest BCUT2D eigenvalue weighted by Gasteiger charge is -2.21. The second-order valence-corrected chi connectivity index (χ2v) is 9.26.